The molecule has 4 heteroatoms. The van der Waals surface area contributed by atoms with E-state index in [-0.39, 0.29) is 28.7 Å². The van der Waals surface area contributed by atoms with Crippen LogP contribution < -0.4 is 5.32 Å². The summed E-state index contributed by atoms with van der Waals surface area (Å²) >= 11 is 0. The number of hydrogen-bond acceptors (Lipinski definition) is 3. The standard InChI is InChI=1S/C22H28N2O2/c1-21(2)19(22(21,3)4)20(25)24-18-13-26-12-15(18)11-14-9-10-23-17-8-6-5-7-16(14)17/h5-10,15,18-19H,11-13H2,1-4H3,(H,24,25)/t15-,18+/m1/s1. The average Bonchev–Trinajstić information content (AvgIpc) is 2.87. The van der Waals surface area contributed by atoms with E-state index in [1.807, 2.05) is 18.3 Å². The van der Waals surface area contributed by atoms with Crippen molar-refractivity contribution in [2.75, 3.05) is 13.2 Å². The number of rotatable bonds is 4. The van der Waals surface area contributed by atoms with E-state index in [1.165, 1.54) is 10.9 Å². The molecular weight excluding hydrogens is 324 g/mol. The number of pyridine rings is 1. The van der Waals surface area contributed by atoms with Gasteiger partial charge in [-0.1, -0.05) is 45.9 Å². The maximum Gasteiger partial charge on any atom is 0.224 e. The number of aromatic nitrogens is 1. The summed E-state index contributed by atoms with van der Waals surface area (Å²) in [5.74, 6) is 0.563. The van der Waals surface area contributed by atoms with Gasteiger partial charge in [0.1, 0.15) is 0 Å². The first-order valence-corrected chi connectivity index (χ1v) is 9.53. The van der Waals surface area contributed by atoms with Crippen molar-refractivity contribution >= 4 is 16.8 Å². The topological polar surface area (TPSA) is 51.2 Å². The normalized spacial score (nSPS) is 26.8. The summed E-state index contributed by atoms with van der Waals surface area (Å²) in [6, 6.07) is 10.4. The summed E-state index contributed by atoms with van der Waals surface area (Å²) in [5.41, 5.74) is 2.42. The van der Waals surface area contributed by atoms with Gasteiger partial charge in [-0.3, -0.25) is 9.78 Å². The lowest BCUT2D eigenvalue weighted by molar-refractivity contribution is -0.124. The van der Waals surface area contributed by atoms with Gasteiger partial charge >= 0.3 is 0 Å². The Hall–Kier alpha value is -1.94. The number of amides is 1. The molecule has 2 atom stereocenters. The van der Waals surface area contributed by atoms with Crippen LogP contribution in [0.2, 0.25) is 0 Å². The SMILES string of the molecule is CC1(C)C(C(=O)N[C@H]2COC[C@H]2Cc2ccnc3ccccc23)C1(C)C. The first kappa shape index (κ1) is 17.5. The summed E-state index contributed by atoms with van der Waals surface area (Å²) in [4.78, 5) is 17.3. The fraction of sp³-hybridized carbons (Fsp3) is 0.545. The summed E-state index contributed by atoms with van der Waals surface area (Å²) in [7, 11) is 0. The third kappa shape index (κ3) is 2.71. The van der Waals surface area contributed by atoms with Crippen LogP contribution in [0.25, 0.3) is 10.9 Å². The van der Waals surface area contributed by atoms with Gasteiger partial charge in [-0.2, -0.15) is 0 Å². The molecule has 0 radical (unpaired) electrons. The molecule has 0 bridgehead atoms. The molecular formula is C22H28N2O2. The summed E-state index contributed by atoms with van der Waals surface area (Å²) in [6.07, 6.45) is 2.77. The molecule has 2 aliphatic rings. The van der Waals surface area contributed by atoms with E-state index in [1.54, 1.807) is 0 Å². The number of benzene rings is 1. The minimum Gasteiger partial charge on any atom is -0.379 e. The van der Waals surface area contributed by atoms with Crippen molar-refractivity contribution in [1.29, 1.82) is 0 Å². The summed E-state index contributed by atoms with van der Waals surface area (Å²) in [6.45, 7) is 10.0. The number of carbonyl (C=O) groups is 1. The van der Waals surface area contributed by atoms with E-state index in [2.05, 4.69) is 56.2 Å². The highest BCUT2D eigenvalue weighted by molar-refractivity contribution is 5.84. The van der Waals surface area contributed by atoms with Crippen LogP contribution >= 0.6 is 0 Å². The zero-order valence-electron chi connectivity index (χ0n) is 16.1. The highest BCUT2D eigenvalue weighted by Crippen LogP contribution is 2.68. The second kappa shape index (κ2) is 6.05. The van der Waals surface area contributed by atoms with E-state index in [4.69, 9.17) is 4.74 Å². The molecule has 2 fully saturated rings. The van der Waals surface area contributed by atoms with Crippen LogP contribution in [-0.2, 0) is 16.0 Å². The van der Waals surface area contributed by atoms with Crippen LogP contribution in [-0.4, -0.2) is 30.1 Å². The monoisotopic (exact) mass is 352 g/mol. The Balaban J connectivity index is 1.48. The lowest BCUT2D eigenvalue weighted by atomic mass is 9.93. The molecule has 0 unspecified atom stereocenters. The van der Waals surface area contributed by atoms with E-state index in [0.29, 0.717) is 19.1 Å². The predicted octanol–water partition coefficient (Wildman–Crippen LogP) is 3.59. The second-order valence-corrected chi connectivity index (χ2v) is 8.98. The molecule has 1 aromatic carbocycles. The molecule has 1 N–H and O–H groups in total. The molecule has 26 heavy (non-hydrogen) atoms. The van der Waals surface area contributed by atoms with Gasteiger partial charge in [0.25, 0.3) is 0 Å². The third-order valence-electron chi connectivity index (χ3n) is 7.03. The molecule has 4 nitrogen and oxygen atoms in total. The molecule has 1 amide bonds. The predicted molar refractivity (Wildman–Crippen MR) is 103 cm³/mol. The summed E-state index contributed by atoms with van der Waals surface area (Å²) in [5, 5.41) is 4.48. The molecule has 1 aliphatic heterocycles. The molecule has 0 spiro atoms. The average molecular weight is 352 g/mol. The molecule has 1 saturated heterocycles. The number of nitrogens with zero attached hydrogens (tertiary/aromatic N) is 1. The number of ether oxygens (including phenoxy) is 1. The highest BCUT2D eigenvalue weighted by atomic mass is 16.5. The zero-order valence-corrected chi connectivity index (χ0v) is 16.1. The van der Waals surface area contributed by atoms with Crippen molar-refractivity contribution in [3.05, 3.63) is 42.1 Å². The van der Waals surface area contributed by atoms with Crippen molar-refractivity contribution in [1.82, 2.24) is 10.3 Å². The van der Waals surface area contributed by atoms with Crippen molar-refractivity contribution < 1.29 is 9.53 Å². The van der Waals surface area contributed by atoms with Crippen molar-refractivity contribution in [3.8, 4) is 0 Å². The largest absolute Gasteiger partial charge is 0.379 e. The van der Waals surface area contributed by atoms with Gasteiger partial charge in [-0.25, -0.2) is 0 Å². The van der Waals surface area contributed by atoms with E-state index in [9.17, 15) is 4.79 Å². The molecule has 1 aromatic heterocycles. The zero-order chi connectivity index (χ0) is 18.5. The fourth-order valence-electron chi connectivity index (χ4n) is 4.69. The summed E-state index contributed by atoms with van der Waals surface area (Å²) < 4.78 is 5.73. The Morgan fingerprint density at radius 1 is 1.15 bits per heavy atom. The lowest BCUT2D eigenvalue weighted by Crippen LogP contribution is -2.42. The highest BCUT2D eigenvalue weighted by Gasteiger charge is 2.68. The van der Waals surface area contributed by atoms with Crippen LogP contribution in [0.1, 0.15) is 33.3 Å². The molecule has 2 heterocycles. The Kier molecular flexibility index (Phi) is 4.07. The quantitative estimate of drug-likeness (QED) is 0.915. The van der Waals surface area contributed by atoms with Gasteiger partial charge in [0, 0.05) is 23.4 Å². The Morgan fingerprint density at radius 3 is 2.62 bits per heavy atom. The number of carbonyl (C=O) groups excluding carboxylic acids is 1. The van der Waals surface area contributed by atoms with Gasteiger partial charge in [0.15, 0.2) is 0 Å². The van der Waals surface area contributed by atoms with Crippen LogP contribution in [0.3, 0.4) is 0 Å². The molecule has 2 aromatic rings. The minimum atomic E-state index is 0.0628. The van der Waals surface area contributed by atoms with Crippen LogP contribution in [0, 0.1) is 22.7 Å². The maximum absolute atomic E-state index is 12.8. The van der Waals surface area contributed by atoms with Crippen molar-refractivity contribution in [2.45, 2.75) is 40.2 Å². The van der Waals surface area contributed by atoms with Crippen molar-refractivity contribution in [3.63, 3.8) is 0 Å². The molecule has 1 aliphatic carbocycles. The van der Waals surface area contributed by atoms with E-state index < -0.39 is 0 Å². The first-order valence-electron chi connectivity index (χ1n) is 9.53. The van der Waals surface area contributed by atoms with Crippen LogP contribution in [0.5, 0.6) is 0 Å². The van der Waals surface area contributed by atoms with Crippen molar-refractivity contribution in [2.24, 2.45) is 22.7 Å². The second-order valence-electron chi connectivity index (χ2n) is 8.98. The van der Waals surface area contributed by atoms with Gasteiger partial charge in [0.05, 0.1) is 24.8 Å². The maximum atomic E-state index is 12.8. The van der Waals surface area contributed by atoms with E-state index >= 15 is 0 Å². The van der Waals surface area contributed by atoms with Gasteiger partial charge in [-0.05, 0) is 34.9 Å². The number of hydrogen-bond donors (Lipinski definition) is 1. The van der Waals surface area contributed by atoms with Gasteiger partial charge in [0.2, 0.25) is 5.91 Å². The van der Waals surface area contributed by atoms with Gasteiger partial charge in [-0.15, -0.1) is 0 Å². The molecule has 4 rings (SSSR count). The first-order chi connectivity index (χ1) is 12.3. The molecule has 1 saturated carbocycles. The van der Waals surface area contributed by atoms with Crippen LogP contribution in [0.4, 0.5) is 0 Å². The fourth-order valence-corrected chi connectivity index (χ4v) is 4.69. The van der Waals surface area contributed by atoms with Gasteiger partial charge < -0.3 is 10.1 Å². The Labute approximate surface area is 155 Å². The number of fused-ring (bicyclic) bond motifs is 1. The Bertz CT molecular complexity index is 824. The minimum absolute atomic E-state index is 0.0628. The lowest BCUT2D eigenvalue weighted by Gasteiger charge is -2.20. The number of nitrogens with one attached hydrogen (secondary N) is 1. The van der Waals surface area contributed by atoms with E-state index in [0.717, 1.165) is 11.9 Å². The smallest absolute Gasteiger partial charge is 0.224 e. The third-order valence-corrected chi connectivity index (χ3v) is 7.03. The Morgan fingerprint density at radius 2 is 1.88 bits per heavy atom. The van der Waals surface area contributed by atoms with Crippen LogP contribution in [0.15, 0.2) is 36.5 Å². The number of para-hydroxylation sites is 1. The molecule has 138 valence electrons.